The minimum absolute atomic E-state index is 0.117. The van der Waals surface area contributed by atoms with Crippen molar-refractivity contribution in [2.75, 3.05) is 27.9 Å². The summed E-state index contributed by atoms with van der Waals surface area (Å²) in [6.45, 7) is 3.33. The molecule has 0 aliphatic carbocycles. The van der Waals surface area contributed by atoms with Gasteiger partial charge < -0.3 is 18.9 Å². The molecule has 2 atom stereocenters. The summed E-state index contributed by atoms with van der Waals surface area (Å²) in [5.41, 5.74) is 2.18. The van der Waals surface area contributed by atoms with E-state index in [-0.39, 0.29) is 12.3 Å². The number of ether oxygens (including phenoxy) is 4. The van der Waals surface area contributed by atoms with Crippen LogP contribution in [0.2, 0.25) is 0 Å². The van der Waals surface area contributed by atoms with Gasteiger partial charge in [0.05, 0.1) is 20.3 Å². The predicted molar refractivity (Wildman–Crippen MR) is 111 cm³/mol. The molecule has 6 heteroatoms. The van der Waals surface area contributed by atoms with E-state index in [1.165, 1.54) is 0 Å². The number of rotatable bonds is 10. The standard InChI is InChI=1S/C23H31NO5/c1-5-6-13-27-23-15-20(24(2)29-23)18-9-12-21(22(14-18)26-4)28-16-17-7-10-19(25-3)11-8-17/h7-12,14,20,23H,5-6,13,15-16H2,1-4H3/t20-,23-/m1/s1. The van der Waals surface area contributed by atoms with Gasteiger partial charge in [0.2, 0.25) is 0 Å². The summed E-state index contributed by atoms with van der Waals surface area (Å²) in [5, 5.41) is 1.86. The van der Waals surface area contributed by atoms with Crippen molar-refractivity contribution in [1.29, 1.82) is 0 Å². The fraction of sp³-hybridized carbons (Fsp3) is 0.478. The Balaban J connectivity index is 1.63. The third-order valence-corrected chi connectivity index (χ3v) is 5.07. The normalized spacial score (nSPS) is 19.3. The van der Waals surface area contributed by atoms with E-state index in [4.69, 9.17) is 23.8 Å². The Morgan fingerprint density at radius 2 is 1.83 bits per heavy atom. The van der Waals surface area contributed by atoms with Gasteiger partial charge in [-0.1, -0.05) is 31.5 Å². The van der Waals surface area contributed by atoms with Crippen molar-refractivity contribution in [3.63, 3.8) is 0 Å². The van der Waals surface area contributed by atoms with E-state index in [1.54, 1.807) is 14.2 Å². The SMILES string of the molecule is CCCCO[C@H]1C[C@H](c2ccc(OCc3ccc(OC)cc3)c(OC)c2)N(C)O1. The molecule has 0 radical (unpaired) electrons. The number of methoxy groups -OCH3 is 2. The Morgan fingerprint density at radius 3 is 2.52 bits per heavy atom. The van der Waals surface area contributed by atoms with Crippen LogP contribution in [0.1, 0.15) is 43.4 Å². The maximum absolute atomic E-state index is 5.98. The lowest BCUT2D eigenvalue weighted by atomic mass is 10.0. The molecule has 0 spiro atoms. The number of hydrogen-bond donors (Lipinski definition) is 0. The lowest BCUT2D eigenvalue weighted by Crippen LogP contribution is -2.18. The van der Waals surface area contributed by atoms with Crippen LogP contribution >= 0.6 is 0 Å². The first-order valence-electron chi connectivity index (χ1n) is 10.1. The number of benzene rings is 2. The van der Waals surface area contributed by atoms with Crippen molar-refractivity contribution in [3.05, 3.63) is 53.6 Å². The molecule has 1 aliphatic rings. The summed E-state index contributed by atoms with van der Waals surface area (Å²) < 4.78 is 22.6. The Bertz CT molecular complexity index is 764. The molecule has 0 unspecified atom stereocenters. The van der Waals surface area contributed by atoms with Gasteiger partial charge in [0.25, 0.3) is 0 Å². The van der Waals surface area contributed by atoms with E-state index in [0.717, 1.165) is 42.7 Å². The van der Waals surface area contributed by atoms with Gasteiger partial charge in [-0.15, -0.1) is 0 Å². The zero-order valence-corrected chi connectivity index (χ0v) is 17.7. The van der Waals surface area contributed by atoms with Gasteiger partial charge >= 0.3 is 0 Å². The molecule has 1 heterocycles. The molecule has 1 saturated heterocycles. The smallest absolute Gasteiger partial charge is 0.179 e. The third-order valence-electron chi connectivity index (χ3n) is 5.07. The van der Waals surface area contributed by atoms with Gasteiger partial charge in [-0.2, -0.15) is 5.06 Å². The first-order chi connectivity index (χ1) is 14.1. The number of hydrogen-bond acceptors (Lipinski definition) is 6. The van der Waals surface area contributed by atoms with E-state index in [0.29, 0.717) is 18.1 Å². The molecule has 6 nitrogen and oxygen atoms in total. The molecular formula is C23H31NO5. The number of hydroxylamine groups is 2. The summed E-state index contributed by atoms with van der Waals surface area (Å²) in [6, 6.07) is 14.0. The van der Waals surface area contributed by atoms with Crippen LogP contribution in [0.5, 0.6) is 17.2 Å². The molecule has 3 rings (SSSR count). The fourth-order valence-corrected chi connectivity index (χ4v) is 3.33. The summed E-state index contributed by atoms with van der Waals surface area (Å²) in [6.07, 6.45) is 2.74. The van der Waals surface area contributed by atoms with Crippen LogP contribution < -0.4 is 14.2 Å². The summed E-state index contributed by atoms with van der Waals surface area (Å²) in [4.78, 5) is 5.83. The molecule has 2 aromatic rings. The molecule has 0 saturated carbocycles. The van der Waals surface area contributed by atoms with Crippen LogP contribution in [-0.4, -0.2) is 39.2 Å². The van der Waals surface area contributed by atoms with Gasteiger partial charge in [0.1, 0.15) is 12.4 Å². The van der Waals surface area contributed by atoms with Gasteiger partial charge in [0.15, 0.2) is 17.8 Å². The van der Waals surface area contributed by atoms with Gasteiger partial charge in [-0.3, -0.25) is 4.84 Å². The van der Waals surface area contributed by atoms with E-state index in [9.17, 15) is 0 Å². The van der Waals surface area contributed by atoms with Crippen LogP contribution in [0, 0.1) is 0 Å². The first kappa shape index (κ1) is 21.4. The second-order valence-corrected chi connectivity index (χ2v) is 7.10. The van der Waals surface area contributed by atoms with E-state index in [1.807, 2.05) is 48.5 Å². The van der Waals surface area contributed by atoms with Crippen LogP contribution in [-0.2, 0) is 16.2 Å². The minimum atomic E-state index is -0.200. The molecule has 29 heavy (non-hydrogen) atoms. The second kappa shape index (κ2) is 10.5. The van der Waals surface area contributed by atoms with Gasteiger partial charge in [-0.25, -0.2) is 0 Å². The highest BCUT2D eigenvalue weighted by molar-refractivity contribution is 5.44. The van der Waals surface area contributed by atoms with Crippen molar-refractivity contribution in [1.82, 2.24) is 5.06 Å². The summed E-state index contributed by atoms with van der Waals surface area (Å²) >= 11 is 0. The average molecular weight is 402 g/mol. The second-order valence-electron chi connectivity index (χ2n) is 7.10. The molecule has 2 aromatic carbocycles. The minimum Gasteiger partial charge on any atom is -0.497 e. The topological polar surface area (TPSA) is 49.4 Å². The zero-order valence-electron chi connectivity index (χ0n) is 17.7. The average Bonchev–Trinajstić information content (AvgIpc) is 3.13. The Labute approximate surface area is 173 Å². The molecular weight excluding hydrogens is 370 g/mol. The molecule has 1 fully saturated rings. The number of nitrogens with zero attached hydrogens (tertiary/aromatic N) is 1. The van der Waals surface area contributed by atoms with Crippen LogP contribution in [0.3, 0.4) is 0 Å². The Kier molecular flexibility index (Phi) is 7.75. The lowest BCUT2D eigenvalue weighted by Gasteiger charge is -2.19. The molecule has 1 aliphatic heterocycles. The molecule has 0 bridgehead atoms. The van der Waals surface area contributed by atoms with Gasteiger partial charge in [-0.05, 0) is 41.8 Å². The predicted octanol–water partition coefficient (Wildman–Crippen LogP) is 4.73. The quantitative estimate of drug-likeness (QED) is 0.536. The molecule has 0 N–H and O–H groups in total. The fourth-order valence-electron chi connectivity index (χ4n) is 3.33. The summed E-state index contributed by atoms with van der Waals surface area (Å²) in [5.74, 6) is 2.25. The van der Waals surface area contributed by atoms with Crippen molar-refractivity contribution in [2.24, 2.45) is 0 Å². The van der Waals surface area contributed by atoms with Crippen molar-refractivity contribution in [2.45, 2.75) is 45.1 Å². The van der Waals surface area contributed by atoms with E-state index in [2.05, 4.69) is 13.0 Å². The highest BCUT2D eigenvalue weighted by Crippen LogP contribution is 2.38. The summed E-state index contributed by atoms with van der Waals surface area (Å²) in [7, 11) is 5.25. The first-order valence-corrected chi connectivity index (χ1v) is 10.1. The monoisotopic (exact) mass is 401 g/mol. The Hall–Kier alpha value is -2.28. The molecule has 158 valence electrons. The van der Waals surface area contributed by atoms with Crippen LogP contribution in [0.4, 0.5) is 0 Å². The van der Waals surface area contributed by atoms with Crippen molar-refractivity contribution < 1.29 is 23.8 Å². The maximum Gasteiger partial charge on any atom is 0.179 e. The highest BCUT2D eigenvalue weighted by atomic mass is 16.8. The molecule has 0 amide bonds. The zero-order chi connectivity index (χ0) is 20.6. The largest absolute Gasteiger partial charge is 0.497 e. The van der Waals surface area contributed by atoms with E-state index >= 15 is 0 Å². The lowest BCUT2D eigenvalue weighted by molar-refractivity contribution is -0.229. The highest BCUT2D eigenvalue weighted by Gasteiger charge is 2.33. The van der Waals surface area contributed by atoms with Gasteiger partial charge in [0, 0.05) is 20.1 Å². The van der Waals surface area contributed by atoms with Crippen molar-refractivity contribution in [3.8, 4) is 17.2 Å². The van der Waals surface area contributed by atoms with Crippen LogP contribution in [0.15, 0.2) is 42.5 Å². The number of unbranched alkanes of at least 4 members (excludes halogenated alkanes) is 1. The van der Waals surface area contributed by atoms with Crippen molar-refractivity contribution >= 4 is 0 Å². The molecule has 0 aromatic heterocycles. The third kappa shape index (κ3) is 5.63. The Morgan fingerprint density at radius 1 is 1.03 bits per heavy atom. The van der Waals surface area contributed by atoms with Crippen LogP contribution in [0.25, 0.3) is 0 Å². The van der Waals surface area contributed by atoms with E-state index < -0.39 is 0 Å². The maximum atomic E-state index is 5.98.